The predicted octanol–water partition coefficient (Wildman–Crippen LogP) is 1.89. The van der Waals surface area contributed by atoms with Crippen LogP contribution in [0, 0.1) is 0 Å². The Labute approximate surface area is 102 Å². The van der Waals surface area contributed by atoms with E-state index in [4.69, 9.17) is 5.11 Å². The third-order valence-electron chi connectivity index (χ3n) is 2.30. The predicted molar refractivity (Wildman–Crippen MR) is 66.9 cm³/mol. The highest BCUT2D eigenvalue weighted by Gasteiger charge is 2.09. The van der Waals surface area contributed by atoms with Crippen molar-refractivity contribution in [1.29, 1.82) is 0 Å². The number of nitrogens with one attached hydrogen (secondary N) is 2. The van der Waals surface area contributed by atoms with Gasteiger partial charge < -0.3 is 15.7 Å². The minimum Gasteiger partial charge on any atom is -0.481 e. The zero-order chi connectivity index (χ0) is 13.3. The Morgan fingerprint density at radius 2 is 1.88 bits per heavy atom. The van der Waals surface area contributed by atoms with Gasteiger partial charge in [-0.3, -0.25) is 4.79 Å². The van der Waals surface area contributed by atoms with E-state index in [1.807, 2.05) is 13.8 Å². The summed E-state index contributed by atoms with van der Waals surface area (Å²) < 4.78 is 0. The second-order valence-corrected chi connectivity index (χ2v) is 4.23. The molecule has 2 atom stereocenters. The van der Waals surface area contributed by atoms with E-state index in [-0.39, 0.29) is 24.5 Å². The molecule has 98 valence electrons. The van der Waals surface area contributed by atoms with Gasteiger partial charge in [-0.25, -0.2) is 4.79 Å². The van der Waals surface area contributed by atoms with Gasteiger partial charge in [-0.15, -0.1) is 6.58 Å². The minimum absolute atomic E-state index is 0.0229. The second-order valence-electron chi connectivity index (χ2n) is 4.23. The summed E-state index contributed by atoms with van der Waals surface area (Å²) in [6, 6.07) is -0.189. The lowest BCUT2D eigenvalue weighted by atomic mass is 10.1. The fourth-order valence-electron chi connectivity index (χ4n) is 1.43. The van der Waals surface area contributed by atoms with Gasteiger partial charge in [0.2, 0.25) is 0 Å². The second kappa shape index (κ2) is 8.61. The van der Waals surface area contributed by atoms with Crippen LogP contribution in [0.5, 0.6) is 0 Å². The number of carboxylic acids is 1. The van der Waals surface area contributed by atoms with E-state index >= 15 is 0 Å². The molecule has 0 heterocycles. The zero-order valence-electron chi connectivity index (χ0n) is 10.5. The first kappa shape index (κ1) is 15.5. The summed E-state index contributed by atoms with van der Waals surface area (Å²) in [5.74, 6) is -0.804. The van der Waals surface area contributed by atoms with Crippen LogP contribution in [-0.2, 0) is 4.79 Å². The summed E-state index contributed by atoms with van der Waals surface area (Å²) in [7, 11) is 0. The van der Waals surface area contributed by atoms with Gasteiger partial charge in [0, 0.05) is 18.5 Å². The van der Waals surface area contributed by atoms with Gasteiger partial charge in [-0.1, -0.05) is 6.08 Å². The molecule has 0 aromatic rings. The largest absolute Gasteiger partial charge is 0.481 e. The Kier molecular flexibility index (Phi) is 7.84. The Bertz CT molecular complexity index is 266. The van der Waals surface area contributed by atoms with Gasteiger partial charge in [0.15, 0.2) is 0 Å². The molecule has 0 bridgehead atoms. The van der Waals surface area contributed by atoms with E-state index in [0.717, 1.165) is 6.42 Å². The van der Waals surface area contributed by atoms with Crippen LogP contribution >= 0.6 is 0 Å². The topological polar surface area (TPSA) is 78.4 Å². The Hall–Kier alpha value is -1.52. The van der Waals surface area contributed by atoms with E-state index in [1.165, 1.54) is 0 Å². The molecule has 5 heteroatoms. The molecule has 0 saturated carbocycles. The van der Waals surface area contributed by atoms with Crippen molar-refractivity contribution in [3.8, 4) is 0 Å². The number of hydrogen-bond donors (Lipinski definition) is 3. The summed E-state index contributed by atoms with van der Waals surface area (Å²) in [5.41, 5.74) is 0. The lowest BCUT2D eigenvalue weighted by molar-refractivity contribution is -0.137. The highest BCUT2D eigenvalue weighted by molar-refractivity contribution is 5.74. The van der Waals surface area contributed by atoms with Gasteiger partial charge in [-0.05, 0) is 33.1 Å². The van der Waals surface area contributed by atoms with Crippen molar-refractivity contribution in [2.45, 2.75) is 51.6 Å². The molecule has 0 spiro atoms. The third kappa shape index (κ3) is 9.41. The van der Waals surface area contributed by atoms with E-state index < -0.39 is 5.97 Å². The maximum atomic E-state index is 11.5. The van der Waals surface area contributed by atoms with E-state index in [0.29, 0.717) is 12.8 Å². The first-order valence-corrected chi connectivity index (χ1v) is 5.85. The highest BCUT2D eigenvalue weighted by atomic mass is 16.4. The molecule has 0 aromatic heterocycles. The van der Waals surface area contributed by atoms with Crippen molar-refractivity contribution in [1.82, 2.24) is 10.6 Å². The van der Waals surface area contributed by atoms with Crippen molar-refractivity contribution < 1.29 is 14.7 Å². The van der Waals surface area contributed by atoms with Crippen molar-refractivity contribution in [3.63, 3.8) is 0 Å². The van der Waals surface area contributed by atoms with Crippen molar-refractivity contribution in [2.75, 3.05) is 0 Å². The van der Waals surface area contributed by atoms with Crippen LogP contribution in [0.2, 0.25) is 0 Å². The van der Waals surface area contributed by atoms with E-state index in [2.05, 4.69) is 17.2 Å². The molecule has 17 heavy (non-hydrogen) atoms. The number of hydrogen-bond acceptors (Lipinski definition) is 2. The zero-order valence-corrected chi connectivity index (χ0v) is 10.5. The molecule has 0 saturated heterocycles. The van der Waals surface area contributed by atoms with Crippen LogP contribution in [0.25, 0.3) is 0 Å². The summed E-state index contributed by atoms with van der Waals surface area (Å²) in [4.78, 5) is 21.8. The summed E-state index contributed by atoms with van der Waals surface area (Å²) in [6.45, 7) is 7.36. The number of rotatable bonds is 8. The minimum atomic E-state index is -0.804. The van der Waals surface area contributed by atoms with Crippen molar-refractivity contribution >= 4 is 12.0 Å². The molecule has 3 N–H and O–H groups in total. The first-order chi connectivity index (χ1) is 7.95. The van der Waals surface area contributed by atoms with Gasteiger partial charge in [0.25, 0.3) is 0 Å². The molecule has 0 aliphatic heterocycles. The van der Waals surface area contributed by atoms with Crippen molar-refractivity contribution in [3.05, 3.63) is 12.7 Å². The van der Waals surface area contributed by atoms with E-state index in [1.54, 1.807) is 6.08 Å². The summed E-state index contributed by atoms with van der Waals surface area (Å²) in [6.07, 6.45) is 3.84. The molecular formula is C12H22N2O3. The Balaban J connectivity index is 3.71. The molecule has 5 nitrogen and oxygen atoms in total. The van der Waals surface area contributed by atoms with Crippen LogP contribution in [0.4, 0.5) is 4.79 Å². The molecular weight excluding hydrogens is 220 g/mol. The Morgan fingerprint density at radius 3 is 2.41 bits per heavy atom. The van der Waals surface area contributed by atoms with Crippen LogP contribution < -0.4 is 10.6 Å². The smallest absolute Gasteiger partial charge is 0.315 e. The first-order valence-electron chi connectivity index (χ1n) is 5.85. The van der Waals surface area contributed by atoms with Crippen LogP contribution in [0.3, 0.4) is 0 Å². The molecule has 0 aromatic carbocycles. The lowest BCUT2D eigenvalue weighted by Gasteiger charge is -2.17. The van der Waals surface area contributed by atoms with Gasteiger partial charge in [-0.2, -0.15) is 0 Å². The van der Waals surface area contributed by atoms with E-state index in [9.17, 15) is 9.59 Å². The fourth-order valence-corrected chi connectivity index (χ4v) is 1.43. The van der Waals surface area contributed by atoms with Crippen LogP contribution in [-0.4, -0.2) is 29.2 Å². The molecule has 2 unspecified atom stereocenters. The average Bonchev–Trinajstić information content (AvgIpc) is 2.16. The third-order valence-corrected chi connectivity index (χ3v) is 2.30. The van der Waals surface area contributed by atoms with Gasteiger partial charge in [0.05, 0.1) is 0 Å². The number of aliphatic carboxylic acids is 1. The molecule has 0 fully saturated rings. The normalized spacial score (nSPS) is 13.5. The number of carbonyl (C=O) groups excluding carboxylic acids is 1. The molecule has 0 radical (unpaired) electrons. The molecule has 0 aliphatic rings. The summed E-state index contributed by atoms with van der Waals surface area (Å²) in [5, 5.41) is 14.0. The SMILES string of the molecule is C=CCC(C)NC(=O)NC(C)CCCC(=O)O. The summed E-state index contributed by atoms with van der Waals surface area (Å²) >= 11 is 0. The highest BCUT2D eigenvalue weighted by Crippen LogP contribution is 2.00. The number of amides is 2. The maximum Gasteiger partial charge on any atom is 0.315 e. The van der Waals surface area contributed by atoms with Crippen LogP contribution in [0.15, 0.2) is 12.7 Å². The maximum absolute atomic E-state index is 11.5. The fraction of sp³-hybridized carbons (Fsp3) is 0.667. The number of carboxylic acid groups (broad SMARTS) is 1. The average molecular weight is 242 g/mol. The molecule has 0 rings (SSSR count). The quantitative estimate of drug-likeness (QED) is 0.569. The van der Waals surface area contributed by atoms with Crippen LogP contribution in [0.1, 0.15) is 39.5 Å². The van der Waals surface area contributed by atoms with Gasteiger partial charge >= 0.3 is 12.0 Å². The van der Waals surface area contributed by atoms with Crippen molar-refractivity contribution in [2.24, 2.45) is 0 Å². The van der Waals surface area contributed by atoms with Gasteiger partial charge in [0.1, 0.15) is 0 Å². The molecule has 2 amide bonds. The molecule has 0 aliphatic carbocycles. The Morgan fingerprint density at radius 1 is 1.29 bits per heavy atom. The standard InChI is InChI=1S/C12H22N2O3/c1-4-6-9(2)13-12(17)14-10(3)7-5-8-11(15)16/h4,9-10H,1,5-8H2,2-3H3,(H,15,16)(H2,13,14,17). The monoisotopic (exact) mass is 242 g/mol. The number of carbonyl (C=O) groups is 2. The lowest BCUT2D eigenvalue weighted by Crippen LogP contribution is -2.44. The number of urea groups is 1.